The maximum Gasteiger partial charge on any atom is 0.330 e. The highest BCUT2D eigenvalue weighted by atomic mass is 16.5. The van der Waals surface area contributed by atoms with Crippen molar-refractivity contribution in [3.63, 3.8) is 0 Å². The van der Waals surface area contributed by atoms with Crippen LogP contribution < -0.4 is 0 Å². The van der Waals surface area contributed by atoms with Gasteiger partial charge in [0.15, 0.2) is 0 Å². The van der Waals surface area contributed by atoms with Gasteiger partial charge in [-0.25, -0.2) is 4.79 Å². The van der Waals surface area contributed by atoms with Crippen LogP contribution >= 0.6 is 0 Å². The highest BCUT2D eigenvalue weighted by Crippen LogP contribution is 1.92. The highest BCUT2D eigenvalue weighted by molar-refractivity contribution is 5.82. The average molecular weight is 203 g/mol. The molecule has 0 unspecified atom stereocenters. The average Bonchev–Trinajstić information content (AvgIpc) is 2.13. The highest BCUT2D eigenvalue weighted by Gasteiger charge is 2.01. The lowest BCUT2D eigenvalue weighted by atomic mass is 10.3. The number of esters is 1. The van der Waals surface area contributed by atoms with Crippen molar-refractivity contribution in [3.05, 3.63) is 11.6 Å². The molecule has 0 rings (SSSR count). The number of aliphatic hydroxyl groups is 2. The van der Waals surface area contributed by atoms with Crippen molar-refractivity contribution in [2.75, 3.05) is 40.5 Å². The van der Waals surface area contributed by atoms with E-state index in [9.17, 15) is 4.79 Å². The minimum absolute atomic E-state index is 0.250. The lowest BCUT2D eigenvalue weighted by molar-refractivity contribution is -0.138. The second-order valence-electron chi connectivity index (χ2n) is 3.09. The van der Waals surface area contributed by atoms with Crippen LogP contribution in [0.2, 0.25) is 0 Å². The van der Waals surface area contributed by atoms with Gasteiger partial charge in [-0.1, -0.05) is 0 Å². The first kappa shape index (κ1) is 13.1. The Morgan fingerprint density at radius 2 is 1.93 bits per heavy atom. The number of carbonyl (C=O) groups excluding carboxylic acids is 1. The molecule has 0 amide bonds. The lowest BCUT2D eigenvalue weighted by Gasteiger charge is -2.08. The number of aliphatic hydroxyl groups excluding tert-OH is 2. The number of hydrogen-bond donors (Lipinski definition) is 2. The summed E-state index contributed by atoms with van der Waals surface area (Å²) in [6.45, 7) is 0.276. The summed E-state index contributed by atoms with van der Waals surface area (Å²) in [4.78, 5) is 12.9. The van der Waals surface area contributed by atoms with Crippen LogP contribution in [-0.2, 0) is 9.53 Å². The van der Waals surface area contributed by atoms with E-state index in [1.807, 2.05) is 19.0 Å². The van der Waals surface area contributed by atoms with E-state index >= 15 is 0 Å². The Labute approximate surface area is 83.6 Å². The van der Waals surface area contributed by atoms with E-state index < -0.39 is 5.97 Å². The second kappa shape index (κ2) is 7.49. The minimum Gasteiger partial charge on any atom is -0.461 e. The van der Waals surface area contributed by atoms with Gasteiger partial charge in [0.1, 0.15) is 6.61 Å². The monoisotopic (exact) mass is 203 g/mol. The molecule has 5 nitrogen and oxygen atoms in total. The van der Waals surface area contributed by atoms with E-state index in [2.05, 4.69) is 0 Å². The quantitative estimate of drug-likeness (QED) is 0.428. The Kier molecular flexibility index (Phi) is 7.00. The van der Waals surface area contributed by atoms with Gasteiger partial charge in [0.25, 0.3) is 0 Å². The molecule has 14 heavy (non-hydrogen) atoms. The minimum atomic E-state index is -0.537. The predicted molar refractivity (Wildman–Crippen MR) is 51.8 cm³/mol. The summed E-state index contributed by atoms with van der Waals surface area (Å²) >= 11 is 0. The molecule has 82 valence electrons. The van der Waals surface area contributed by atoms with E-state index in [0.29, 0.717) is 13.2 Å². The molecule has 0 radical (unpaired) electrons. The molecular formula is C9H17NO4. The summed E-state index contributed by atoms with van der Waals surface area (Å²) < 4.78 is 4.81. The molecule has 0 aliphatic carbocycles. The first-order valence-corrected chi connectivity index (χ1v) is 4.32. The van der Waals surface area contributed by atoms with Crippen LogP contribution in [0.1, 0.15) is 0 Å². The number of ether oxygens (including phenoxy) is 1. The van der Waals surface area contributed by atoms with Gasteiger partial charge in [0, 0.05) is 12.6 Å². The fourth-order valence-electron chi connectivity index (χ4n) is 0.678. The van der Waals surface area contributed by atoms with Crippen LogP contribution in [0, 0.1) is 0 Å². The van der Waals surface area contributed by atoms with Gasteiger partial charge in [-0.05, 0) is 19.7 Å². The van der Waals surface area contributed by atoms with E-state index in [4.69, 9.17) is 14.9 Å². The molecule has 0 aromatic heterocycles. The van der Waals surface area contributed by atoms with Crippen molar-refractivity contribution in [3.8, 4) is 0 Å². The first-order chi connectivity index (χ1) is 6.60. The Hall–Kier alpha value is -0.910. The Balaban J connectivity index is 3.79. The molecule has 0 spiro atoms. The molecule has 0 bridgehead atoms. The van der Waals surface area contributed by atoms with Gasteiger partial charge in [-0.15, -0.1) is 0 Å². The van der Waals surface area contributed by atoms with E-state index in [0.717, 1.165) is 6.08 Å². The zero-order valence-corrected chi connectivity index (χ0v) is 8.56. The van der Waals surface area contributed by atoms with Gasteiger partial charge in [0.05, 0.1) is 13.2 Å². The molecule has 0 aliphatic heterocycles. The number of nitrogens with zero attached hydrogens (tertiary/aromatic N) is 1. The van der Waals surface area contributed by atoms with Crippen LogP contribution in [0.15, 0.2) is 11.6 Å². The van der Waals surface area contributed by atoms with Crippen molar-refractivity contribution < 1.29 is 19.7 Å². The number of hydrogen-bond acceptors (Lipinski definition) is 5. The van der Waals surface area contributed by atoms with Crippen molar-refractivity contribution in [1.82, 2.24) is 4.90 Å². The van der Waals surface area contributed by atoms with E-state index in [1.165, 1.54) is 0 Å². The van der Waals surface area contributed by atoms with Gasteiger partial charge in [-0.3, -0.25) is 0 Å². The number of likely N-dealkylation sites (N-methyl/N-ethyl adjacent to an activating group) is 1. The SMILES string of the molecule is CN(C)CCOC(=O)C=C(CO)CO. The van der Waals surface area contributed by atoms with E-state index in [-0.39, 0.29) is 18.8 Å². The maximum atomic E-state index is 11.0. The van der Waals surface area contributed by atoms with Crippen LogP contribution in [-0.4, -0.2) is 61.5 Å². The summed E-state index contributed by atoms with van der Waals surface area (Å²) in [7, 11) is 3.74. The van der Waals surface area contributed by atoms with Crippen molar-refractivity contribution in [1.29, 1.82) is 0 Å². The molecule has 0 fully saturated rings. The molecule has 0 atom stereocenters. The fourth-order valence-corrected chi connectivity index (χ4v) is 0.678. The summed E-state index contributed by atoms with van der Waals surface area (Å²) in [6, 6.07) is 0. The third kappa shape index (κ3) is 6.59. The Morgan fingerprint density at radius 1 is 1.36 bits per heavy atom. The summed E-state index contributed by atoms with van der Waals surface area (Å²) in [6.07, 6.45) is 1.11. The first-order valence-electron chi connectivity index (χ1n) is 4.32. The molecule has 2 N–H and O–H groups in total. The van der Waals surface area contributed by atoms with Crippen LogP contribution in [0.3, 0.4) is 0 Å². The largest absolute Gasteiger partial charge is 0.461 e. The van der Waals surface area contributed by atoms with Crippen molar-refractivity contribution in [2.45, 2.75) is 0 Å². The van der Waals surface area contributed by atoms with Gasteiger partial charge in [-0.2, -0.15) is 0 Å². The molecule has 0 saturated heterocycles. The summed E-state index contributed by atoms with van der Waals surface area (Å²) in [5, 5.41) is 17.3. The zero-order chi connectivity index (χ0) is 11.0. The molecule has 0 aromatic rings. The van der Waals surface area contributed by atoms with Crippen LogP contribution in [0.5, 0.6) is 0 Å². The number of carbonyl (C=O) groups is 1. The van der Waals surface area contributed by atoms with Gasteiger partial charge in [0.2, 0.25) is 0 Å². The third-order valence-electron chi connectivity index (χ3n) is 1.51. The maximum absolute atomic E-state index is 11.0. The molecule has 0 saturated carbocycles. The van der Waals surface area contributed by atoms with Gasteiger partial charge >= 0.3 is 5.97 Å². The summed E-state index contributed by atoms with van der Waals surface area (Å²) in [5.74, 6) is -0.537. The lowest BCUT2D eigenvalue weighted by Crippen LogP contribution is -2.19. The Bertz CT molecular complexity index is 195. The van der Waals surface area contributed by atoms with Crippen molar-refractivity contribution >= 4 is 5.97 Å². The molecule has 0 aliphatic rings. The Morgan fingerprint density at radius 3 is 2.36 bits per heavy atom. The van der Waals surface area contributed by atoms with Crippen LogP contribution in [0.4, 0.5) is 0 Å². The summed E-state index contributed by atoms with van der Waals surface area (Å²) in [5.41, 5.74) is 0.250. The van der Waals surface area contributed by atoms with Crippen LogP contribution in [0.25, 0.3) is 0 Å². The topological polar surface area (TPSA) is 70.0 Å². The fraction of sp³-hybridized carbons (Fsp3) is 0.667. The standard InChI is InChI=1S/C9H17NO4/c1-10(2)3-4-14-9(13)5-8(6-11)7-12/h5,11-12H,3-4,6-7H2,1-2H3. The third-order valence-corrected chi connectivity index (χ3v) is 1.51. The zero-order valence-electron chi connectivity index (χ0n) is 8.56. The van der Waals surface area contributed by atoms with E-state index in [1.54, 1.807) is 0 Å². The predicted octanol–water partition coefficient (Wildman–Crippen LogP) is -0.998. The van der Waals surface area contributed by atoms with Gasteiger partial charge < -0.3 is 19.8 Å². The molecule has 0 aromatic carbocycles. The molecule has 5 heteroatoms. The second-order valence-corrected chi connectivity index (χ2v) is 3.09. The number of rotatable bonds is 6. The smallest absolute Gasteiger partial charge is 0.330 e. The molecular weight excluding hydrogens is 186 g/mol. The normalized spacial score (nSPS) is 10.1. The van der Waals surface area contributed by atoms with Crippen molar-refractivity contribution in [2.24, 2.45) is 0 Å². The molecule has 0 heterocycles.